The highest BCUT2D eigenvalue weighted by Gasteiger charge is 2.21. The van der Waals surface area contributed by atoms with Gasteiger partial charge in [0, 0.05) is 32.2 Å². The van der Waals surface area contributed by atoms with Crippen LogP contribution in [0.15, 0.2) is 23.4 Å². The lowest BCUT2D eigenvalue weighted by molar-refractivity contribution is -0.113. The lowest BCUT2D eigenvalue weighted by Gasteiger charge is -2.15. The number of nitrogens with one attached hydrogen (secondary N) is 1. The molecule has 2 amide bonds. The van der Waals surface area contributed by atoms with E-state index in [1.165, 1.54) is 16.7 Å². The maximum atomic E-state index is 12.4. The number of ether oxygens (including phenoxy) is 1. The highest BCUT2D eigenvalue weighted by molar-refractivity contribution is 7.99. The molecule has 176 valence electrons. The third-order valence-corrected chi connectivity index (χ3v) is 7.03. The van der Waals surface area contributed by atoms with E-state index in [9.17, 15) is 9.59 Å². The second-order valence-corrected chi connectivity index (χ2v) is 9.99. The third kappa shape index (κ3) is 6.17. The third-order valence-electron chi connectivity index (χ3n) is 4.40. The Labute approximate surface area is 209 Å². The van der Waals surface area contributed by atoms with Crippen molar-refractivity contribution in [3.05, 3.63) is 44.6 Å². The highest BCUT2D eigenvalue weighted by atomic mass is 35.5. The summed E-state index contributed by atoms with van der Waals surface area (Å²) in [5.74, 6) is 0.686. The number of amides is 2. The Morgan fingerprint density at radius 3 is 2.73 bits per heavy atom. The predicted molar refractivity (Wildman–Crippen MR) is 131 cm³/mol. The number of halogens is 2. The highest BCUT2D eigenvalue weighted by Crippen LogP contribution is 2.32. The zero-order chi connectivity index (χ0) is 24.3. The van der Waals surface area contributed by atoms with Gasteiger partial charge >= 0.3 is 0 Å². The van der Waals surface area contributed by atoms with Crippen LogP contribution in [0.2, 0.25) is 10.0 Å². The Kier molecular flexibility index (Phi) is 8.22. The fourth-order valence-electron chi connectivity index (χ4n) is 2.75. The molecular formula is C20H22Cl2N6O3S2. The Morgan fingerprint density at radius 2 is 2.03 bits per heavy atom. The molecule has 0 aliphatic rings. The van der Waals surface area contributed by atoms with Crippen LogP contribution in [0.5, 0.6) is 5.75 Å². The van der Waals surface area contributed by atoms with Crippen molar-refractivity contribution < 1.29 is 14.3 Å². The fraction of sp³-hybridized carbons (Fsp3) is 0.350. The molecule has 33 heavy (non-hydrogen) atoms. The van der Waals surface area contributed by atoms with Crippen LogP contribution in [0.3, 0.4) is 0 Å². The first kappa shape index (κ1) is 25.3. The molecule has 0 saturated carbocycles. The summed E-state index contributed by atoms with van der Waals surface area (Å²) in [7, 11) is 5.13. The molecular weight excluding hydrogens is 507 g/mol. The standard InChI is InChI=1S/C20H22Cl2N6O3S2/c1-10-16(18(30)27(3)4)33-19(23-10)24-15(29)9-32-20-26-25-17(28(20)5)11(2)31-14-8-12(21)6-7-13(14)22/h6-8,11H,9H2,1-5H3,(H,23,24,29). The van der Waals surface area contributed by atoms with Gasteiger partial charge in [0.25, 0.3) is 5.91 Å². The van der Waals surface area contributed by atoms with E-state index in [2.05, 4.69) is 20.5 Å². The first-order valence-electron chi connectivity index (χ1n) is 9.69. The van der Waals surface area contributed by atoms with Crippen LogP contribution >= 0.6 is 46.3 Å². The Hall–Kier alpha value is -2.34. The number of benzene rings is 1. The smallest absolute Gasteiger partial charge is 0.265 e. The van der Waals surface area contributed by atoms with Crippen LogP contribution in [0, 0.1) is 6.92 Å². The van der Waals surface area contributed by atoms with E-state index < -0.39 is 6.10 Å². The topological polar surface area (TPSA) is 102 Å². The number of anilines is 1. The van der Waals surface area contributed by atoms with E-state index >= 15 is 0 Å². The number of hydrogen-bond donors (Lipinski definition) is 1. The number of thioether (sulfide) groups is 1. The number of carbonyl (C=O) groups excluding carboxylic acids is 2. The summed E-state index contributed by atoms with van der Waals surface area (Å²) in [6.45, 7) is 3.55. The summed E-state index contributed by atoms with van der Waals surface area (Å²) in [6.07, 6.45) is -0.451. The number of carbonyl (C=O) groups is 2. The monoisotopic (exact) mass is 528 g/mol. The van der Waals surface area contributed by atoms with Crippen molar-refractivity contribution in [1.29, 1.82) is 0 Å². The van der Waals surface area contributed by atoms with E-state index in [-0.39, 0.29) is 17.6 Å². The van der Waals surface area contributed by atoms with E-state index in [4.69, 9.17) is 27.9 Å². The molecule has 1 atom stereocenters. The van der Waals surface area contributed by atoms with Gasteiger partial charge in [-0.2, -0.15) is 0 Å². The van der Waals surface area contributed by atoms with Gasteiger partial charge in [-0.15, -0.1) is 10.2 Å². The Bertz CT molecular complexity index is 1180. The molecule has 1 N–H and O–H groups in total. The normalized spacial score (nSPS) is 11.8. The molecule has 0 spiro atoms. The fourth-order valence-corrected chi connectivity index (χ4v) is 4.80. The van der Waals surface area contributed by atoms with Gasteiger partial charge in [0.1, 0.15) is 10.6 Å². The second kappa shape index (κ2) is 10.7. The molecule has 0 saturated heterocycles. The zero-order valence-electron chi connectivity index (χ0n) is 18.5. The number of nitrogens with zero attached hydrogens (tertiary/aromatic N) is 5. The number of aromatic nitrogens is 4. The van der Waals surface area contributed by atoms with Gasteiger partial charge in [-0.05, 0) is 26.0 Å². The number of thiazole rings is 1. The van der Waals surface area contributed by atoms with Crippen molar-refractivity contribution in [3.8, 4) is 5.75 Å². The minimum absolute atomic E-state index is 0.0942. The molecule has 0 bridgehead atoms. The number of hydrogen-bond acceptors (Lipinski definition) is 8. The van der Waals surface area contributed by atoms with Crippen LogP contribution in [-0.4, -0.2) is 56.3 Å². The maximum Gasteiger partial charge on any atom is 0.265 e. The average Bonchev–Trinajstić information content (AvgIpc) is 3.30. The molecule has 0 aliphatic carbocycles. The van der Waals surface area contributed by atoms with Gasteiger partial charge in [-0.3, -0.25) is 9.59 Å². The van der Waals surface area contributed by atoms with Crippen LogP contribution in [0.4, 0.5) is 5.13 Å². The van der Waals surface area contributed by atoms with Crippen molar-refractivity contribution in [3.63, 3.8) is 0 Å². The molecule has 0 fully saturated rings. The van der Waals surface area contributed by atoms with Crippen molar-refractivity contribution in [2.75, 3.05) is 25.2 Å². The summed E-state index contributed by atoms with van der Waals surface area (Å²) in [4.78, 5) is 30.8. The maximum absolute atomic E-state index is 12.4. The van der Waals surface area contributed by atoms with Crippen LogP contribution < -0.4 is 10.1 Å². The van der Waals surface area contributed by atoms with Crippen molar-refractivity contribution in [2.45, 2.75) is 25.1 Å². The Balaban J connectivity index is 1.60. The molecule has 0 aliphatic heterocycles. The molecule has 1 unspecified atom stereocenters. The number of rotatable bonds is 8. The lowest BCUT2D eigenvalue weighted by Crippen LogP contribution is -2.21. The molecule has 3 rings (SSSR count). The minimum atomic E-state index is -0.451. The molecule has 13 heteroatoms. The zero-order valence-corrected chi connectivity index (χ0v) is 21.7. The van der Waals surface area contributed by atoms with E-state index in [1.807, 2.05) is 6.92 Å². The van der Waals surface area contributed by atoms with E-state index in [1.54, 1.807) is 50.8 Å². The van der Waals surface area contributed by atoms with E-state index in [0.29, 0.717) is 42.5 Å². The number of aryl methyl sites for hydroxylation is 1. The van der Waals surface area contributed by atoms with Gasteiger partial charge in [0.2, 0.25) is 5.91 Å². The van der Waals surface area contributed by atoms with Crippen LogP contribution in [-0.2, 0) is 11.8 Å². The van der Waals surface area contributed by atoms with Crippen molar-refractivity contribution >= 4 is 63.2 Å². The van der Waals surface area contributed by atoms with Crippen molar-refractivity contribution in [2.24, 2.45) is 7.05 Å². The van der Waals surface area contributed by atoms with Gasteiger partial charge in [-0.25, -0.2) is 4.98 Å². The molecule has 3 aromatic rings. The lowest BCUT2D eigenvalue weighted by atomic mass is 10.3. The second-order valence-electron chi connectivity index (χ2n) is 7.20. The average molecular weight is 529 g/mol. The summed E-state index contributed by atoms with van der Waals surface area (Å²) in [5.41, 5.74) is 0.577. The molecule has 1 aromatic carbocycles. The predicted octanol–water partition coefficient (Wildman–Crippen LogP) is 4.46. The summed E-state index contributed by atoms with van der Waals surface area (Å²) in [6, 6.07) is 4.97. The van der Waals surface area contributed by atoms with Gasteiger partial charge in [0.05, 0.1) is 16.5 Å². The molecule has 9 nitrogen and oxygen atoms in total. The first-order valence-corrected chi connectivity index (χ1v) is 12.2. The first-order chi connectivity index (χ1) is 15.6. The van der Waals surface area contributed by atoms with Crippen LogP contribution in [0.25, 0.3) is 0 Å². The molecule has 2 aromatic heterocycles. The summed E-state index contributed by atoms with van der Waals surface area (Å²) >= 11 is 14.6. The molecule has 0 radical (unpaired) electrons. The van der Waals surface area contributed by atoms with Gasteiger partial charge in [-0.1, -0.05) is 46.3 Å². The summed E-state index contributed by atoms with van der Waals surface area (Å²) < 4.78 is 7.65. The summed E-state index contributed by atoms with van der Waals surface area (Å²) in [5, 5.41) is 12.9. The van der Waals surface area contributed by atoms with Crippen molar-refractivity contribution in [1.82, 2.24) is 24.6 Å². The minimum Gasteiger partial charge on any atom is -0.481 e. The Morgan fingerprint density at radius 1 is 1.30 bits per heavy atom. The van der Waals surface area contributed by atoms with Gasteiger partial charge < -0.3 is 19.5 Å². The largest absolute Gasteiger partial charge is 0.481 e. The van der Waals surface area contributed by atoms with Crippen LogP contribution in [0.1, 0.15) is 34.2 Å². The molecule has 2 heterocycles. The van der Waals surface area contributed by atoms with Gasteiger partial charge in [0.15, 0.2) is 22.2 Å². The SMILES string of the molecule is Cc1nc(NC(=O)CSc2nnc(C(C)Oc3cc(Cl)ccc3Cl)n2C)sc1C(=O)N(C)C. The van der Waals surface area contributed by atoms with E-state index in [0.717, 1.165) is 11.3 Å². The quantitative estimate of drug-likeness (QED) is 0.430.